The number of carboxylic acids is 1. The number of hydrogen-bond acceptors (Lipinski definition) is 3. The molecule has 17 heavy (non-hydrogen) atoms. The van der Waals surface area contributed by atoms with Gasteiger partial charge in [-0.15, -0.1) is 0 Å². The molecular formula is C11H14N2O3S. The van der Waals surface area contributed by atoms with Gasteiger partial charge in [-0.25, -0.2) is 4.79 Å². The highest BCUT2D eigenvalue weighted by Gasteiger charge is 2.30. The van der Waals surface area contributed by atoms with Crippen LogP contribution in [0.4, 0.5) is 4.79 Å². The van der Waals surface area contributed by atoms with Crippen LogP contribution >= 0.6 is 11.3 Å². The Kier molecular flexibility index (Phi) is 3.63. The molecule has 1 saturated heterocycles. The average Bonchev–Trinajstić information content (AvgIpc) is 2.96. The Labute approximate surface area is 103 Å². The van der Waals surface area contributed by atoms with Crippen molar-refractivity contribution < 1.29 is 14.7 Å². The van der Waals surface area contributed by atoms with Crippen LogP contribution in [0.2, 0.25) is 0 Å². The van der Waals surface area contributed by atoms with E-state index < -0.39 is 11.9 Å². The summed E-state index contributed by atoms with van der Waals surface area (Å²) in [5, 5.41) is 15.6. The molecule has 2 amide bonds. The van der Waals surface area contributed by atoms with Crippen LogP contribution in [0.25, 0.3) is 0 Å². The summed E-state index contributed by atoms with van der Waals surface area (Å²) >= 11 is 1.59. The molecule has 1 aromatic rings. The van der Waals surface area contributed by atoms with Gasteiger partial charge >= 0.3 is 12.0 Å². The number of carboxylic acid groups (broad SMARTS) is 1. The first-order chi connectivity index (χ1) is 8.16. The molecule has 0 bridgehead atoms. The highest BCUT2D eigenvalue weighted by molar-refractivity contribution is 7.07. The SMILES string of the molecule is O=C(O)C1CCN(C(=O)NCc2ccsc2)C1. The Bertz CT molecular complexity index is 405. The quantitative estimate of drug-likeness (QED) is 0.855. The number of hydrogen-bond donors (Lipinski definition) is 2. The topological polar surface area (TPSA) is 69.6 Å². The van der Waals surface area contributed by atoms with Gasteiger partial charge in [-0.3, -0.25) is 4.79 Å². The first kappa shape index (κ1) is 11.9. The first-order valence-corrected chi connectivity index (χ1v) is 6.38. The highest BCUT2D eigenvalue weighted by Crippen LogP contribution is 2.16. The molecule has 0 radical (unpaired) electrons. The standard InChI is InChI=1S/C11H14N2O3S/c14-10(15)9-1-3-13(6-9)11(16)12-5-8-2-4-17-7-8/h2,4,7,9H,1,3,5-6H2,(H,12,16)(H,14,15). The van der Waals surface area contributed by atoms with Gasteiger partial charge in [0.2, 0.25) is 0 Å². The summed E-state index contributed by atoms with van der Waals surface area (Å²) in [5.74, 6) is -1.24. The Balaban J connectivity index is 1.79. The number of rotatable bonds is 3. The normalized spacial score (nSPS) is 19.3. The average molecular weight is 254 g/mol. The Morgan fingerprint density at radius 2 is 2.41 bits per heavy atom. The maximum atomic E-state index is 11.7. The predicted molar refractivity (Wildman–Crippen MR) is 63.9 cm³/mol. The van der Waals surface area contributed by atoms with Gasteiger partial charge in [-0.05, 0) is 28.8 Å². The Morgan fingerprint density at radius 1 is 1.59 bits per heavy atom. The molecule has 1 aliphatic rings. The van der Waals surface area contributed by atoms with Crippen LogP contribution in [0.1, 0.15) is 12.0 Å². The van der Waals surface area contributed by atoms with Crippen LogP contribution in [0.3, 0.4) is 0 Å². The van der Waals surface area contributed by atoms with Crippen molar-refractivity contribution in [3.8, 4) is 0 Å². The molecule has 6 heteroatoms. The van der Waals surface area contributed by atoms with Crippen molar-refractivity contribution in [3.05, 3.63) is 22.4 Å². The zero-order valence-electron chi connectivity index (χ0n) is 9.26. The van der Waals surface area contributed by atoms with E-state index in [-0.39, 0.29) is 6.03 Å². The number of amides is 2. The molecule has 2 N–H and O–H groups in total. The minimum Gasteiger partial charge on any atom is -0.481 e. The summed E-state index contributed by atoms with van der Waals surface area (Å²) in [6.07, 6.45) is 0.543. The molecule has 1 aliphatic heterocycles. The molecule has 92 valence electrons. The molecule has 1 fully saturated rings. The van der Waals surface area contributed by atoms with Crippen molar-refractivity contribution in [3.63, 3.8) is 0 Å². The van der Waals surface area contributed by atoms with Gasteiger partial charge in [0.15, 0.2) is 0 Å². The Hall–Kier alpha value is -1.56. The summed E-state index contributed by atoms with van der Waals surface area (Å²) in [4.78, 5) is 24.1. The van der Waals surface area contributed by atoms with Gasteiger partial charge in [0.05, 0.1) is 5.92 Å². The van der Waals surface area contributed by atoms with E-state index in [9.17, 15) is 9.59 Å². The summed E-state index contributed by atoms with van der Waals surface area (Å²) in [6, 6.07) is 1.77. The van der Waals surface area contributed by atoms with Crippen LogP contribution in [0.15, 0.2) is 16.8 Å². The maximum absolute atomic E-state index is 11.7. The summed E-state index contributed by atoms with van der Waals surface area (Å²) in [7, 11) is 0. The molecule has 1 aromatic heterocycles. The second-order valence-electron chi connectivity index (χ2n) is 4.06. The lowest BCUT2D eigenvalue weighted by molar-refractivity contribution is -0.141. The number of aliphatic carboxylic acids is 1. The minimum atomic E-state index is -0.821. The molecule has 2 heterocycles. The van der Waals surface area contributed by atoms with E-state index in [0.29, 0.717) is 26.1 Å². The van der Waals surface area contributed by atoms with Crippen molar-refractivity contribution in [2.24, 2.45) is 5.92 Å². The van der Waals surface area contributed by atoms with Crippen molar-refractivity contribution >= 4 is 23.3 Å². The summed E-state index contributed by atoms with van der Waals surface area (Å²) < 4.78 is 0. The lowest BCUT2D eigenvalue weighted by Gasteiger charge is -2.16. The third-order valence-electron chi connectivity index (χ3n) is 2.85. The van der Waals surface area contributed by atoms with E-state index in [2.05, 4.69) is 5.32 Å². The first-order valence-electron chi connectivity index (χ1n) is 5.43. The lowest BCUT2D eigenvalue weighted by atomic mass is 10.1. The number of thiophene rings is 1. The van der Waals surface area contributed by atoms with Crippen LogP contribution < -0.4 is 5.32 Å². The molecule has 0 spiro atoms. The van der Waals surface area contributed by atoms with E-state index in [1.165, 1.54) is 0 Å². The van der Waals surface area contributed by atoms with Gasteiger partial charge in [0, 0.05) is 19.6 Å². The van der Waals surface area contributed by atoms with E-state index in [0.717, 1.165) is 5.56 Å². The van der Waals surface area contributed by atoms with E-state index in [4.69, 9.17) is 5.11 Å². The second kappa shape index (κ2) is 5.18. The molecule has 1 atom stereocenters. The number of nitrogens with one attached hydrogen (secondary N) is 1. The summed E-state index contributed by atoms with van der Waals surface area (Å²) in [6.45, 7) is 1.33. The van der Waals surface area contributed by atoms with Crippen molar-refractivity contribution in [1.29, 1.82) is 0 Å². The fourth-order valence-electron chi connectivity index (χ4n) is 1.83. The fourth-order valence-corrected chi connectivity index (χ4v) is 2.50. The van der Waals surface area contributed by atoms with Crippen LogP contribution in [-0.2, 0) is 11.3 Å². The van der Waals surface area contributed by atoms with Gasteiger partial charge in [0.25, 0.3) is 0 Å². The number of likely N-dealkylation sites (tertiary alicyclic amines) is 1. The van der Waals surface area contributed by atoms with E-state index >= 15 is 0 Å². The molecule has 0 aromatic carbocycles. The van der Waals surface area contributed by atoms with E-state index in [1.54, 1.807) is 16.2 Å². The van der Waals surface area contributed by atoms with Crippen molar-refractivity contribution in [1.82, 2.24) is 10.2 Å². The third kappa shape index (κ3) is 2.97. The van der Waals surface area contributed by atoms with Gasteiger partial charge < -0.3 is 15.3 Å². The molecule has 2 rings (SSSR count). The number of carbonyl (C=O) groups excluding carboxylic acids is 1. The zero-order valence-corrected chi connectivity index (χ0v) is 10.1. The minimum absolute atomic E-state index is 0.181. The monoisotopic (exact) mass is 254 g/mol. The van der Waals surface area contributed by atoms with Gasteiger partial charge in [0.1, 0.15) is 0 Å². The molecule has 5 nitrogen and oxygen atoms in total. The van der Waals surface area contributed by atoms with Crippen LogP contribution in [-0.4, -0.2) is 35.1 Å². The highest BCUT2D eigenvalue weighted by atomic mass is 32.1. The predicted octanol–water partition coefficient (Wildman–Crippen LogP) is 1.36. The number of nitrogens with zero attached hydrogens (tertiary/aromatic N) is 1. The summed E-state index contributed by atoms with van der Waals surface area (Å²) in [5.41, 5.74) is 1.07. The molecule has 0 aliphatic carbocycles. The maximum Gasteiger partial charge on any atom is 0.317 e. The number of carbonyl (C=O) groups is 2. The molecule has 0 saturated carbocycles. The molecule has 1 unspecified atom stereocenters. The largest absolute Gasteiger partial charge is 0.481 e. The van der Waals surface area contributed by atoms with E-state index in [1.807, 2.05) is 16.8 Å². The second-order valence-corrected chi connectivity index (χ2v) is 4.84. The lowest BCUT2D eigenvalue weighted by Crippen LogP contribution is -2.38. The third-order valence-corrected chi connectivity index (χ3v) is 3.58. The number of urea groups is 1. The Morgan fingerprint density at radius 3 is 3.00 bits per heavy atom. The van der Waals surface area contributed by atoms with Crippen LogP contribution in [0.5, 0.6) is 0 Å². The molecular weight excluding hydrogens is 240 g/mol. The van der Waals surface area contributed by atoms with Gasteiger partial charge in [-0.1, -0.05) is 0 Å². The van der Waals surface area contributed by atoms with Gasteiger partial charge in [-0.2, -0.15) is 11.3 Å². The smallest absolute Gasteiger partial charge is 0.317 e. The van der Waals surface area contributed by atoms with Crippen LogP contribution in [0, 0.1) is 5.92 Å². The fraction of sp³-hybridized carbons (Fsp3) is 0.455. The van der Waals surface area contributed by atoms with Crippen molar-refractivity contribution in [2.45, 2.75) is 13.0 Å². The zero-order chi connectivity index (χ0) is 12.3. The van der Waals surface area contributed by atoms with Crippen molar-refractivity contribution in [2.75, 3.05) is 13.1 Å².